The lowest BCUT2D eigenvalue weighted by Crippen LogP contribution is -2.19. The number of fused-ring (bicyclic) bond motifs is 1. The van der Waals surface area contributed by atoms with Crippen molar-refractivity contribution >= 4 is 57.0 Å². The first kappa shape index (κ1) is 16.7. The van der Waals surface area contributed by atoms with Crippen molar-refractivity contribution in [3.63, 3.8) is 0 Å². The third kappa shape index (κ3) is 2.76. The molecule has 26 heavy (non-hydrogen) atoms. The zero-order chi connectivity index (χ0) is 18.3. The molecule has 4 rings (SSSR count). The SMILES string of the molecule is O=[N+]([O-])c1c(N2CCCC2)cc(Nc2c(Cl)ncnc2Cl)c2nonc12. The normalized spacial score (nSPS) is 14.2. The smallest absolute Gasteiger partial charge is 0.323 e. The monoisotopic (exact) mass is 395 g/mol. The predicted molar refractivity (Wildman–Crippen MR) is 95.2 cm³/mol. The summed E-state index contributed by atoms with van der Waals surface area (Å²) in [4.78, 5) is 20.9. The number of benzene rings is 1. The Labute approximate surface area is 156 Å². The Kier molecular flexibility index (Phi) is 4.21. The molecular formula is C14H11Cl2N7O3. The molecule has 12 heteroatoms. The Morgan fingerprint density at radius 2 is 1.81 bits per heavy atom. The minimum absolute atomic E-state index is 0.0472. The van der Waals surface area contributed by atoms with Crippen LogP contribution in [0.25, 0.3) is 11.0 Å². The number of nitro groups is 1. The Morgan fingerprint density at radius 3 is 2.46 bits per heavy atom. The fourth-order valence-corrected chi connectivity index (χ4v) is 3.38. The van der Waals surface area contributed by atoms with E-state index in [0.29, 0.717) is 24.5 Å². The number of hydrogen-bond acceptors (Lipinski definition) is 9. The second kappa shape index (κ2) is 6.54. The van der Waals surface area contributed by atoms with Gasteiger partial charge in [0.25, 0.3) is 0 Å². The first-order valence-electron chi connectivity index (χ1n) is 7.68. The molecule has 1 fully saturated rings. The maximum Gasteiger partial charge on any atom is 0.323 e. The van der Waals surface area contributed by atoms with Crippen LogP contribution in [0, 0.1) is 10.1 Å². The van der Waals surface area contributed by atoms with Crippen LogP contribution in [-0.4, -0.2) is 38.3 Å². The molecule has 10 nitrogen and oxygen atoms in total. The quantitative estimate of drug-likeness (QED) is 0.400. The molecule has 134 valence electrons. The second-order valence-corrected chi connectivity index (χ2v) is 6.38. The van der Waals surface area contributed by atoms with Gasteiger partial charge in [0, 0.05) is 13.1 Å². The van der Waals surface area contributed by atoms with Crippen LogP contribution in [0.5, 0.6) is 0 Å². The molecule has 1 aliphatic heterocycles. The summed E-state index contributed by atoms with van der Waals surface area (Å²) in [6.45, 7) is 1.43. The molecule has 1 aliphatic rings. The van der Waals surface area contributed by atoms with Crippen molar-refractivity contribution in [1.29, 1.82) is 0 Å². The van der Waals surface area contributed by atoms with Crippen LogP contribution in [0.3, 0.4) is 0 Å². The molecular weight excluding hydrogens is 385 g/mol. The van der Waals surface area contributed by atoms with E-state index in [-0.39, 0.29) is 32.7 Å². The van der Waals surface area contributed by atoms with Gasteiger partial charge < -0.3 is 10.2 Å². The Balaban J connectivity index is 1.91. The van der Waals surface area contributed by atoms with Crippen molar-refractivity contribution < 1.29 is 9.55 Å². The molecule has 1 aromatic carbocycles. The van der Waals surface area contributed by atoms with E-state index in [1.54, 1.807) is 6.07 Å². The molecule has 0 saturated carbocycles. The number of nitrogens with zero attached hydrogens (tertiary/aromatic N) is 6. The average Bonchev–Trinajstić information content (AvgIpc) is 3.28. The van der Waals surface area contributed by atoms with Crippen LogP contribution in [-0.2, 0) is 0 Å². The van der Waals surface area contributed by atoms with Crippen molar-refractivity contribution in [1.82, 2.24) is 20.3 Å². The molecule has 2 aromatic heterocycles. The molecule has 0 bridgehead atoms. The first-order chi connectivity index (χ1) is 12.6. The fourth-order valence-electron chi connectivity index (χ4n) is 2.97. The molecule has 3 aromatic rings. The number of anilines is 3. The van der Waals surface area contributed by atoms with E-state index in [1.165, 1.54) is 6.33 Å². The molecule has 1 saturated heterocycles. The summed E-state index contributed by atoms with van der Waals surface area (Å²) >= 11 is 12.2. The van der Waals surface area contributed by atoms with Crippen LogP contribution in [0.1, 0.15) is 12.8 Å². The van der Waals surface area contributed by atoms with Crippen molar-refractivity contribution in [3.8, 4) is 0 Å². The van der Waals surface area contributed by atoms with Gasteiger partial charge in [-0.1, -0.05) is 23.2 Å². The minimum atomic E-state index is -0.477. The summed E-state index contributed by atoms with van der Waals surface area (Å²) in [7, 11) is 0. The van der Waals surface area contributed by atoms with Gasteiger partial charge in [-0.15, -0.1) is 0 Å². The summed E-state index contributed by atoms with van der Waals surface area (Å²) in [6.07, 6.45) is 3.15. The number of halogens is 2. The highest BCUT2D eigenvalue weighted by Gasteiger charge is 2.30. The second-order valence-electron chi connectivity index (χ2n) is 5.66. The van der Waals surface area contributed by atoms with E-state index in [0.717, 1.165) is 12.8 Å². The molecule has 0 amide bonds. The van der Waals surface area contributed by atoms with Crippen molar-refractivity contribution in [2.24, 2.45) is 0 Å². The van der Waals surface area contributed by atoms with Crippen LogP contribution in [0.2, 0.25) is 10.3 Å². The van der Waals surface area contributed by atoms with E-state index in [9.17, 15) is 10.1 Å². The first-order valence-corrected chi connectivity index (χ1v) is 8.43. The number of rotatable bonds is 4. The van der Waals surface area contributed by atoms with E-state index in [1.807, 2.05) is 4.90 Å². The van der Waals surface area contributed by atoms with Gasteiger partial charge in [-0.2, -0.15) is 0 Å². The van der Waals surface area contributed by atoms with Crippen molar-refractivity contribution in [2.45, 2.75) is 12.8 Å². The summed E-state index contributed by atoms with van der Waals surface area (Å²) in [6, 6.07) is 1.62. The van der Waals surface area contributed by atoms with Crippen LogP contribution >= 0.6 is 23.2 Å². The molecule has 1 N–H and O–H groups in total. The largest absolute Gasteiger partial charge is 0.366 e. The minimum Gasteiger partial charge on any atom is -0.366 e. The van der Waals surface area contributed by atoms with E-state index < -0.39 is 4.92 Å². The molecule has 0 spiro atoms. The predicted octanol–water partition coefficient (Wildman–Crippen LogP) is 3.57. The van der Waals surface area contributed by atoms with Gasteiger partial charge in [0.1, 0.15) is 17.7 Å². The van der Waals surface area contributed by atoms with E-state index in [4.69, 9.17) is 27.8 Å². The molecule has 0 atom stereocenters. The standard InChI is InChI=1S/C14H11Cl2N7O3/c15-13-11(14(16)18-6-17-13)19-7-5-8(22-3-1-2-4-22)12(23(24)25)10-9(7)20-26-21-10/h5-6,19H,1-4H2. The highest BCUT2D eigenvalue weighted by Crippen LogP contribution is 2.42. The lowest BCUT2D eigenvalue weighted by molar-refractivity contribution is -0.382. The number of aromatic nitrogens is 4. The number of hydrogen-bond donors (Lipinski definition) is 1. The lowest BCUT2D eigenvalue weighted by atomic mass is 10.1. The molecule has 0 unspecified atom stereocenters. The number of nitrogens with one attached hydrogen (secondary N) is 1. The van der Waals surface area contributed by atoms with Gasteiger partial charge in [0.15, 0.2) is 15.8 Å². The van der Waals surface area contributed by atoms with Gasteiger partial charge in [0.2, 0.25) is 5.52 Å². The van der Waals surface area contributed by atoms with E-state index in [2.05, 4.69) is 25.6 Å². The summed E-state index contributed by atoms with van der Waals surface area (Å²) in [5.41, 5.74) is 1.20. The van der Waals surface area contributed by atoms with Crippen LogP contribution in [0.15, 0.2) is 17.0 Å². The average molecular weight is 396 g/mol. The van der Waals surface area contributed by atoms with Crippen molar-refractivity contribution in [3.05, 3.63) is 32.8 Å². The molecule has 0 aliphatic carbocycles. The highest BCUT2D eigenvalue weighted by atomic mass is 35.5. The topological polar surface area (TPSA) is 123 Å². The van der Waals surface area contributed by atoms with E-state index >= 15 is 0 Å². The Bertz CT molecular complexity index is 983. The van der Waals surface area contributed by atoms with Gasteiger partial charge in [-0.3, -0.25) is 10.1 Å². The third-order valence-electron chi connectivity index (χ3n) is 4.14. The van der Waals surface area contributed by atoms with Gasteiger partial charge in [0.05, 0.1) is 10.6 Å². The zero-order valence-corrected chi connectivity index (χ0v) is 14.7. The maximum atomic E-state index is 11.7. The highest BCUT2D eigenvalue weighted by molar-refractivity contribution is 6.37. The van der Waals surface area contributed by atoms with Crippen LogP contribution in [0.4, 0.5) is 22.7 Å². The summed E-state index contributed by atoms with van der Waals surface area (Å²) in [5, 5.41) is 22.4. The summed E-state index contributed by atoms with van der Waals surface area (Å²) < 4.78 is 4.75. The third-order valence-corrected chi connectivity index (χ3v) is 4.71. The fraction of sp³-hybridized carbons (Fsp3) is 0.286. The molecule has 0 radical (unpaired) electrons. The Hall–Kier alpha value is -2.72. The van der Waals surface area contributed by atoms with Gasteiger partial charge in [-0.05, 0) is 29.2 Å². The maximum absolute atomic E-state index is 11.7. The lowest BCUT2D eigenvalue weighted by Gasteiger charge is -2.19. The Morgan fingerprint density at radius 1 is 1.15 bits per heavy atom. The van der Waals surface area contributed by atoms with Crippen LogP contribution < -0.4 is 10.2 Å². The van der Waals surface area contributed by atoms with Gasteiger partial charge in [-0.25, -0.2) is 14.6 Å². The number of nitro benzene ring substituents is 1. The summed E-state index contributed by atoms with van der Waals surface area (Å²) in [5.74, 6) is 0. The van der Waals surface area contributed by atoms with Crippen molar-refractivity contribution in [2.75, 3.05) is 23.3 Å². The zero-order valence-electron chi connectivity index (χ0n) is 13.1. The molecule has 3 heterocycles. The van der Waals surface area contributed by atoms with Gasteiger partial charge >= 0.3 is 5.69 Å².